The molecule has 0 radical (unpaired) electrons. The maximum absolute atomic E-state index is 12.3. The van der Waals surface area contributed by atoms with Crippen molar-refractivity contribution >= 4 is 29.2 Å². The van der Waals surface area contributed by atoms with Crippen LogP contribution in [0.5, 0.6) is 0 Å². The average molecular weight is 396 g/mol. The van der Waals surface area contributed by atoms with Crippen LogP contribution in [0, 0.1) is 0 Å². The lowest BCUT2D eigenvalue weighted by molar-refractivity contribution is -0.140. The molecule has 0 bridgehead atoms. The number of aromatic nitrogens is 4. The van der Waals surface area contributed by atoms with E-state index in [0.29, 0.717) is 23.6 Å². The Morgan fingerprint density at radius 3 is 1.93 bits per heavy atom. The Hall–Kier alpha value is -3.95. The van der Waals surface area contributed by atoms with Crippen LogP contribution < -0.4 is 10.6 Å². The number of carboxylic acid groups (broad SMARTS) is 1. The normalized spacial score (nSPS) is 11.7. The molecule has 1 atom stereocenters. The molecule has 0 saturated carbocycles. The van der Waals surface area contributed by atoms with Crippen molar-refractivity contribution in [1.29, 1.82) is 0 Å². The van der Waals surface area contributed by atoms with Gasteiger partial charge in [0.05, 0.1) is 0 Å². The number of nitrogens with zero attached hydrogens (tertiary/aromatic N) is 4. The number of carboxylic acids is 1. The van der Waals surface area contributed by atoms with Crippen molar-refractivity contribution in [2.24, 2.45) is 0 Å². The first-order valence-corrected chi connectivity index (χ1v) is 8.91. The molecule has 29 heavy (non-hydrogen) atoms. The van der Waals surface area contributed by atoms with Gasteiger partial charge in [0, 0.05) is 30.3 Å². The molecule has 10 heteroatoms. The van der Waals surface area contributed by atoms with Gasteiger partial charge in [0.2, 0.25) is 0 Å². The lowest BCUT2D eigenvalue weighted by Crippen LogP contribution is -2.18. The zero-order chi connectivity index (χ0) is 21.0. The summed E-state index contributed by atoms with van der Waals surface area (Å²) in [6.07, 6.45) is 3.16. The summed E-state index contributed by atoms with van der Waals surface area (Å²) in [6.45, 7) is 4.07. The second-order valence-corrected chi connectivity index (χ2v) is 6.24. The molecule has 1 aromatic carbocycles. The van der Waals surface area contributed by atoms with Crippen LogP contribution in [0.3, 0.4) is 0 Å². The molecule has 2 aromatic heterocycles. The van der Waals surface area contributed by atoms with E-state index in [1.165, 1.54) is 23.9 Å². The summed E-state index contributed by atoms with van der Waals surface area (Å²) in [4.78, 5) is 35.5. The third kappa shape index (κ3) is 4.67. The molecule has 3 aromatic rings. The Kier molecular flexibility index (Phi) is 5.72. The SMILES string of the molecule is CCn1ccc(C(=O)Nc2ccc(NC(=O)c3ccn(C(C)C(=O)O)n3)cc2)n1. The molecule has 150 valence electrons. The summed E-state index contributed by atoms with van der Waals surface area (Å²) in [7, 11) is 0. The fraction of sp³-hybridized carbons (Fsp3) is 0.211. The molecule has 10 nitrogen and oxygen atoms in total. The van der Waals surface area contributed by atoms with E-state index in [9.17, 15) is 14.4 Å². The van der Waals surface area contributed by atoms with Gasteiger partial charge in [-0.1, -0.05) is 0 Å². The number of carbonyl (C=O) groups excluding carboxylic acids is 2. The van der Waals surface area contributed by atoms with Gasteiger partial charge in [0.15, 0.2) is 11.4 Å². The highest BCUT2D eigenvalue weighted by atomic mass is 16.4. The van der Waals surface area contributed by atoms with Crippen LogP contribution >= 0.6 is 0 Å². The van der Waals surface area contributed by atoms with Gasteiger partial charge in [-0.2, -0.15) is 10.2 Å². The molecule has 3 rings (SSSR count). The smallest absolute Gasteiger partial charge is 0.328 e. The third-order valence-electron chi connectivity index (χ3n) is 4.19. The number of amides is 2. The van der Waals surface area contributed by atoms with E-state index in [1.807, 2.05) is 6.92 Å². The first-order valence-electron chi connectivity index (χ1n) is 8.91. The molecule has 0 fully saturated rings. The highest BCUT2D eigenvalue weighted by Crippen LogP contribution is 2.16. The predicted octanol–water partition coefficient (Wildman–Crippen LogP) is 2.25. The molecular formula is C19H20N6O4. The number of hydrogen-bond donors (Lipinski definition) is 3. The van der Waals surface area contributed by atoms with Gasteiger partial charge in [-0.05, 0) is 50.2 Å². The largest absolute Gasteiger partial charge is 0.480 e. The number of carbonyl (C=O) groups is 3. The van der Waals surface area contributed by atoms with Crippen LogP contribution in [0.1, 0.15) is 40.9 Å². The molecular weight excluding hydrogens is 376 g/mol. The van der Waals surface area contributed by atoms with Crippen molar-refractivity contribution in [3.63, 3.8) is 0 Å². The van der Waals surface area contributed by atoms with Crippen LogP contribution in [0.2, 0.25) is 0 Å². The minimum Gasteiger partial charge on any atom is -0.480 e. The van der Waals surface area contributed by atoms with Crippen molar-refractivity contribution in [2.45, 2.75) is 26.4 Å². The maximum atomic E-state index is 12.3. The monoisotopic (exact) mass is 396 g/mol. The van der Waals surface area contributed by atoms with Crippen LogP contribution in [0.4, 0.5) is 11.4 Å². The molecule has 0 aliphatic rings. The summed E-state index contributed by atoms with van der Waals surface area (Å²) >= 11 is 0. The number of benzene rings is 1. The number of aryl methyl sites for hydroxylation is 1. The number of hydrogen-bond acceptors (Lipinski definition) is 5. The quantitative estimate of drug-likeness (QED) is 0.561. The molecule has 1 unspecified atom stereocenters. The number of anilines is 2. The standard InChI is InChI=1S/C19H20N6O4/c1-3-24-10-8-15(22-24)17(26)20-13-4-6-14(7-5-13)21-18(27)16-9-11-25(23-16)12(2)19(28)29/h4-12H,3H2,1-2H3,(H,20,26)(H,21,27)(H,28,29). The highest BCUT2D eigenvalue weighted by Gasteiger charge is 2.17. The van der Waals surface area contributed by atoms with E-state index < -0.39 is 17.9 Å². The molecule has 2 heterocycles. The van der Waals surface area contributed by atoms with Gasteiger partial charge in [-0.25, -0.2) is 4.79 Å². The van der Waals surface area contributed by atoms with E-state index >= 15 is 0 Å². The summed E-state index contributed by atoms with van der Waals surface area (Å²) in [5.41, 5.74) is 1.47. The van der Waals surface area contributed by atoms with Gasteiger partial charge in [-0.3, -0.25) is 19.0 Å². The van der Waals surface area contributed by atoms with Crippen molar-refractivity contribution in [1.82, 2.24) is 19.6 Å². The second-order valence-electron chi connectivity index (χ2n) is 6.24. The Bertz CT molecular complexity index is 1040. The van der Waals surface area contributed by atoms with Crippen molar-refractivity contribution in [2.75, 3.05) is 10.6 Å². The summed E-state index contributed by atoms with van der Waals surface area (Å²) < 4.78 is 2.86. The number of nitrogens with one attached hydrogen (secondary N) is 2. The summed E-state index contributed by atoms with van der Waals surface area (Å²) in [5.74, 6) is -1.84. The van der Waals surface area contributed by atoms with Crippen LogP contribution in [0.25, 0.3) is 0 Å². The van der Waals surface area contributed by atoms with Gasteiger partial charge in [-0.15, -0.1) is 0 Å². The average Bonchev–Trinajstić information content (AvgIpc) is 3.38. The maximum Gasteiger partial charge on any atom is 0.328 e. The first kappa shape index (κ1) is 19.8. The van der Waals surface area contributed by atoms with Gasteiger partial charge in [0.25, 0.3) is 11.8 Å². The van der Waals surface area contributed by atoms with Gasteiger partial charge in [0.1, 0.15) is 6.04 Å². The lowest BCUT2D eigenvalue weighted by Gasteiger charge is -2.07. The first-order chi connectivity index (χ1) is 13.9. The zero-order valence-corrected chi connectivity index (χ0v) is 15.9. The molecule has 2 amide bonds. The fourth-order valence-electron chi connectivity index (χ4n) is 2.47. The Morgan fingerprint density at radius 1 is 0.931 bits per heavy atom. The van der Waals surface area contributed by atoms with Crippen molar-refractivity contribution < 1.29 is 19.5 Å². The predicted molar refractivity (Wildman–Crippen MR) is 105 cm³/mol. The molecule has 0 saturated heterocycles. The van der Waals surface area contributed by atoms with E-state index in [0.717, 1.165) is 0 Å². The fourth-order valence-corrected chi connectivity index (χ4v) is 2.47. The van der Waals surface area contributed by atoms with Crippen molar-refractivity contribution in [3.05, 3.63) is 60.2 Å². The zero-order valence-electron chi connectivity index (χ0n) is 15.9. The Labute approximate surface area is 166 Å². The van der Waals surface area contributed by atoms with Crippen LogP contribution in [0.15, 0.2) is 48.8 Å². The van der Waals surface area contributed by atoms with Crippen LogP contribution in [-0.4, -0.2) is 42.5 Å². The van der Waals surface area contributed by atoms with E-state index in [-0.39, 0.29) is 11.6 Å². The van der Waals surface area contributed by atoms with E-state index in [2.05, 4.69) is 20.8 Å². The second kappa shape index (κ2) is 8.38. The third-order valence-corrected chi connectivity index (χ3v) is 4.19. The van der Waals surface area contributed by atoms with Crippen molar-refractivity contribution in [3.8, 4) is 0 Å². The Balaban J connectivity index is 1.60. The summed E-state index contributed by atoms with van der Waals surface area (Å²) in [5, 5.41) is 22.5. The Morgan fingerprint density at radius 2 is 1.45 bits per heavy atom. The van der Waals surface area contributed by atoms with Crippen LogP contribution in [-0.2, 0) is 11.3 Å². The van der Waals surface area contributed by atoms with E-state index in [1.54, 1.807) is 41.2 Å². The number of aliphatic carboxylic acids is 1. The highest BCUT2D eigenvalue weighted by molar-refractivity contribution is 6.04. The molecule has 0 aliphatic heterocycles. The number of rotatable bonds is 7. The minimum atomic E-state index is -1.04. The van der Waals surface area contributed by atoms with Gasteiger partial charge >= 0.3 is 5.97 Å². The topological polar surface area (TPSA) is 131 Å². The molecule has 0 aliphatic carbocycles. The lowest BCUT2D eigenvalue weighted by atomic mass is 10.2. The van der Waals surface area contributed by atoms with Gasteiger partial charge < -0.3 is 15.7 Å². The van der Waals surface area contributed by atoms with E-state index in [4.69, 9.17) is 5.11 Å². The molecule has 0 spiro atoms. The minimum absolute atomic E-state index is 0.0991. The summed E-state index contributed by atoms with van der Waals surface area (Å²) in [6, 6.07) is 8.77. The molecule has 3 N–H and O–H groups in total.